The van der Waals surface area contributed by atoms with Crippen molar-refractivity contribution >= 4 is 5.78 Å². The van der Waals surface area contributed by atoms with Gasteiger partial charge in [0.25, 0.3) is 0 Å². The summed E-state index contributed by atoms with van der Waals surface area (Å²) in [4.78, 5) is 15.3. The molecule has 29 heavy (non-hydrogen) atoms. The Bertz CT molecular complexity index is 870. The molecule has 2 fully saturated rings. The highest BCUT2D eigenvalue weighted by molar-refractivity contribution is 5.99. The van der Waals surface area contributed by atoms with Gasteiger partial charge in [-0.05, 0) is 24.5 Å². The Hall–Kier alpha value is -2.25. The van der Waals surface area contributed by atoms with Gasteiger partial charge in [-0.2, -0.15) is 13.2 Å². The Morgan fingerprint density at radius 2 is 1.66 bits per heavy atom. The molecule has 0 radical (unpaired) electrons. The van der Waals surface area contributed by atoms with Crippen molar-refractivity contribution in [3.05, 3.63) is 71.0 Å². The van der Waals surface area contributed by atoms with Crippen LogP contribution in [0, 0.1) is 11.7 Å². The number of ketones is 1. The maximum Gasteiger partial charge on any atom is 0.419 e. The normalized spacial score (nSPS) is 25.0. The molecule has 2 aliphatic heterocycles. The van der Waals surface area contributed by atoms with Gasteiger partial charge in [0.2, 0.25) is 0 Å². The van der Waals surface area contributed by atoms with Gasteiger partial charge in [0.1, 0.15) is 11.4 Å². The number of nitrogens with zero attached hydrogens (tertiary/aromatic N) is 1. The van der Waals surface area contributed by atoms with Crippen LogP contribution in [0.25, 0.3) is 0 Å². The topological polar surface area (TPSA) is 29.5 Å². The summed E-state index contributed by atoms with van der Waals surface area (Å²) in [6.07, 6.45) is -4.12. The van der Waals surface area contributed by atoms with Gasteiger partial charge in [-0.1, -0.05) is 42.5 Å². The molecule has 2 atom stereocenters. The molecule has 2 unspecified atom stereocenters. The SMILES string of the molecule is O=C(c1cccc(F)c1C(F)(F)F)C1CC2COCC(C1)N2Cc1ccccc1. The van der Waals surface area contributed by atoms with Crippen molar-refractivity contribution in [2.45, 2.75) is 37.6 Å². The predicted molar refractivity (Wildman–Crippen MR) is 98.8 cm³/mol. The minimum absolute atomic E-state index is 0.0560. The van der Waals surface area contributed by atoms with E-state index in [4.69, 9.17) is 4.74 Å². The zero-order valence-corrected chi connectivity index (χ0v) is 15.7. The maximum atomic E-state index is 13.9. The van der Waals surface area contributed by atoms with Crippen LogP contribution in [0.4, 0.5) is 17.6 Å². The van der Waals surface area contributed by atoms with E-state index in [0.717, 1.165) is 23.8 Å². The molecule has 3 nitrogen and oxygen atoms in total. The number of fused-ring (bicyclic) bond motifs is 2. The molecule has 2 aromatic carbocycles. The van der Waals surface area contributed by atoms with Gasteiger partial charge < -0.3 is 4.74 Å². The van der Waals surface area contributed by atoms with Gasteiger partial charge in [-0.25, -0.2) is 4.39 Å². The fraction of sp³-hybridized carbons (Fsp3) is 0.409. The minimum atomic E-state index is -4.91. The maximum absolute atomic E-state index is 13.9. The molecular formula is C22H21F4NO2. The molecular weight excluding hydrogens is 386 g/mol. The van der Waals surface area contributed by atoms with Crippen molar-refractivity contribution in [2.24, 2.45) is 5.92 Å². The van der Waals surface area contributed by atoms with Gasteiger partial charge in [-0.15, -0.1) is 0 Å². The number of morpholine rings is 1. The molecule has 0 aliphatic carbocycles. The lowest BCUT2D eigenvalue weighted by molar-refractivity contribution is -0.140. The van der Waals surface area contributed by atoms with E-state index in [1.54, 1.807) is 0 Å². The zero-order chi connectivity index (χ0) is 20.6. The van der Waals surface area contributed by atoms with Crippen LogP contribution in [-0.4, -0.2) is 36.0 Å². The van der Waals surface area contributed by atoms with Crippen molar-refractivity contribution < 1.29 is 27.1 Å². The van der Waals surface area contributed by atoms with E-state index in [-0.39, 0.29) is 12.1 Å². The smallest absolute Gasteiger partial charge is 0.378 e. The summed E-state index contributed by atoms with van der Waals surface area (Å²) in [6, 6.07) is 12.8. The third kappa shape index (κ3) is 4.07. The Labute approximate surface area is 166 Å². The van der Waals surface area contributed by atoms with Crippen molar-refractivity contribution in [3.8, 4) is 0 Å². The predicted octanol–water partition coefficient (Wildman–Crippen LogP) is 4.71. The standard InChI is InChI=1S/C22H21F4NO2/c23-19-8-4-7-18(20(19)22(24,25)26)21(28)15-9-16-12-29-13-17(10-15)27(16)11-14-5-2-1-3-6-14/h1-8,15-17H,9-13H2. The first-order valence-electron chi connectivity index (χ1n) is 9.62. The average molecular weight is 407 g/mol. The first-order valence-corrected chi connectivity index (χ1v) is 9.62. The highest BCUT2D eigenvalue weighted by Crippen LogP contribution is 2.39. The lowest BCUT2D eigenvalue weighted by Gasteiger charge is -2.48. The largest absolute Gasteiger partial charge is 0.419 e. The molecule has 2 aromatic rings. The molecule has 2 bridgehead atoms. The van der Waals surface area contributed by atoms with E-state index < -0.39 is 34.8 Å². The number of piperidine rings is 1. The number of carbonyl (C=O) groups excluding carboxylic acids is 1. The van der Waals surface area contributed by atoms with Crippen molar-refractivity contribution in [3.63, 3.8) is 0 Å². The van der Waals surface area contributed by atoms with Crippen molar-refractivity contribution in [1.82, 2.24) is 4.90 Å². The minimum Gasteiger partial charge on any atom is -0.378 e. The van der Waals surface area contributed by atoms with Crippen LogP contribution < -0.4 is 0 Å². The Morgan fingerprint density at radius 1 is 1.00 bits per heavy atom. The number of carbonyl (C=O) groups is 1. The van der Waals surface area contributed by atoms with E-state index in [1.165, 1.54) is 0 Å². The zero-order valence-electron chi connectivity index (χ0n) is 15.7. The molecule has 0 spiro atoms. The number of alkyl halides is 3. The van der Waals surface area contributed by atoms with Crippen LogP contribution in [-0.2, 0) is 17.5 Å². The number of benzene rings is 2. The summed E-state index contributed by atoms with van der Waals surface area (Å²) >= 11 is 0. The molecule has 154 valence electrons. The summed E-state index contributed by atoms with van der Waals surface area (Å²) in [5.41, 5.74) is -0.894. The van der Waals surface area contributed by atoms with E-state index in [9.17, 15) is 22.4 Å². The second-order valence-corrected chi connectivity index (χ2v) is 7.70. The quantitative estimate of drug-likeness (QED) is 0.543. The third-order valence-corrected chi connectivity index (χ3v) is 5.81. The molecule has 0 aromatic heterocycles. The Balaban J connectivity index is 1.57. The number of hydrogen-bond acceptors (Lipinski definition) is 3. The highest BCUT2D eigenvalue weighted by atomic mass is 19.4. The summed E-state index contributed by atoms with van der Waals surface area (Å²) in [7, 11) is 0. The van der Waals surface area contributed by atoms with Gasteiger partial charge in [-0.3, -0.25) is 9.69 Å². The fourth-order valence-corrected chi connectivity index (χ4v) is 4.49. The summed E-state index contributed by atoms with van der Waals surface area (Å²) in [5.74, 6) is -2.62. The molecule has 7 heteroatoms. The lowest BCUT2D eigenvalue weighted by atomic mass is 9.79. The number of Topliss-reactive ketones (excluding diaryl/α,β-unsaturated/α-hetero) is 1. The average Bonchev–Trinajstić information content (AvgIpc) is 2.67. The molecule has 0 saturated carbocycles. The molecule has 2 heterocycles. The van der Waals surface area contributed by atoms with E-state index in [0.29, 0.717) is 32.6 Å². The number of halogens is 4. The molecule has 2 saturated heterocycles. The summed E-state index contributed by atoms with van der Waals surface area (Å²) in [6.45, 7) is 1.57. The second-order valence-electron chi connectivity index (χ2n) is 7.70. The Morgan fingerprint density at radius 3 is 2.28 bits per heavy atom. The fourth-order valence-electron chi connectivity index (χ4n) is 4.49. The van der Waals surface area contributed by atoms with E-state index >= 15 is 0 Å². The Kier molecular flexibility index (Phi) is 5.44. The van der Waals surface area contributed by atoms with Crippen LogP contribution in [0.15, 0.2) is 48.5 Å². The van der Waals surface area contributed by atoms with Gasteiger partial charge in [0, 0.05) is 30.1 Å². The molecule has 0 N–H and O–H groups in total. The molecule has 4 rings (SSSR count). The van der Waals surface area contributed by atoms with E-state index in [1.807, 2.05) is 30.3 Å². The molecule has 0 amide bonds. The lowest BCUT2D eigenvalue weighted by Crippen LogP contribution is -2.57. The van der Waals surface area contributed by atoms with E-state index in [2.05, 4.69) is 4.90 Å². The summed E-state index contributed by atoms with van der Waals surface area (Å²) < 4.78 is 59.6. The third-order valence-electron chi connectivity index (χ3n) is 5.81. The number of rotatable bonds is 4. The monoisotopic (exact) mass is 407 g/mol. The van der Waals surface area contributed by atoms with Crippen molar-refractivity contribution in [2.75, 3.05) is 13.2 Å². The second kappa shape index (κ2) is 7.88. The van der Waals surface area contributed by atoms with Crippen LogP contribution in [0.1, 0.15) is 34.3 Å². The highest BCUT2D eigenvalue weighted by Gasteiger charge is 2.44. The summed E-state index contributed by atoms with van der Waals surface area (Å²) in [5, 5.41) is 0. The van der Waals surface area contributed by atoms with Gasteiger partial charge in [0.05, 0.1) is 13.2 Å². The number of ether oxygens (including phenoxy) is 1. The van der Waals surface area contributed by atoms with Gasteiger partial charge >= 0.3 is 6.18 Å². The van der Waals surface area contributed by atoms with Crippen LogP contribution >= 0.6 is 0 Å². The van der Waals surface area contributed by atoms with Crippen LogP contribution in [0.2, 0.25) is 0 Å². The molecule has 2 aliphatic rings. The van der Waals surface area contributed by atoms with Gasteiger partial charge in [0.15, 0.2) is 5.78 Å². The van der Waals surface area contributed by atoms with Crippen molar-refractivity contribution in [1.29, 1.82) is 0 Å². The van der Waals surface area contributed by atoms with Crippen LogP contribution in [0.5, 0.6) is 0 Å². The number of hydrogen-bond donors (Lipinski definition) is 0. The first-order chi connectivity index (χ1) is 13.8. The first kappa shape index (κ1) is 20.0. The van der Waals surface area contributed by atoms with Crippen LogP contribution in [0.3, 0.4) is 0 Å².